The Kier molecular flexibility index (Phi) is 6.05. The molecule has 176 valence electrons. The van der Waals surface area contributed by atoms with E-state index in [0.717, 1.165) is 6.20 Å². The summed E-state index contributed by atoms with van der Waals surface area (Å²) < 4.78 is 33.5. The molecule has 12 heteroatoms. The highest BCUT2D eigenvalue weighted by molar-refractivity contribution is 6.29. The van der Waals surface area contributed by atoms with Crippen molar-refractivity contribution in [1.29, 1.82) is 0 Å². The van der Waals surface area contributed by atoms with Crippen LogP contribution in [-0.2, 0) is 12.5 Å². The van der Waals surface area contributed by atoms with Gasteiger partial charge in [0, 0.05) is 31.4 Å². The van der Waals surface area contributed by atoms with Gasteiger partial charge in [0.2, 0.25) is 0 Å². The minimum absolute atomic E-state index is 0.0432. The molecule has 4 heterocycles. The fourth-order valence-electron chi connectivity index (χ4n) is 3.80. The lowest BCUT2D eigenvalue weighted by Gasteiger charge is -2.28. The van der Waals surface area contributed by atoms with Gasteiger partial charge in [0.05, 0.1) is 22.9 Å². The van der Waals surface area contributed by atoms with Gasteiger partial charge in [0.15, 0.2) is 17.3 Å². The Labute approximate surface area is 196 Å². The third-order valence-electron chi connectivity index (χ3n) is 5.45. The van der Waals surface area contributed by atoms with E-state index in [9.17, 15) is 18.4 Å². The highest BCUT2D eigenvalue weighted by atomic mass is 35.5. The van der Waals surface area contributed by atoms with Gasteiger partial charge in [-0.15, -0.1) is 0 Å². The molecular weight excluding hydrogens is 470 g/mol. The minimum Gasteiger partial charge on any atom is -0.354 e. The largest absolute Gasteiger partial charge is 0.354 e. The number of rotatable bonds is 6. The Morgan fingerprint density at radius 2 is 2.09 bits per heavy atom. The first-order chi connectivity index (χ1) is 16.1. The summed E-state index contributed by atoms with van der Waals surface area (Å²) >= 11 is 6.09. The predicted molar refractivity (Wildman–Crippen MR) is 118 cm³/mol. The highest BCUT2D eigenvalue weighted by Gasteiger charge is 2.37. The van der Waals surface area contributed by atoms with E-state index < -0.39 is 23.0 Å². The number of aromatic amines is 1. The van der Waals surface area contributed by atoms with Crippen molar-refractivity contribution in [2.75, 3.05) is 6.54 Å². The van der Waals surface area contributed by atoms with E-state index >= 15 is 0 Å². The van der Waals surface area contributed by atoms with Gasteiger partial charge in [-0.2, -0.15) is 0 Å². The van der Waals surface area contributed by atoms with E-state index in [1.807, 2.05) is 0 Å². The average Bonchev–Trinajstić information content (AvgIpc) is 3.36. The van der Waals surface area contributed by atoms with Crippen LogP contribution >= 0.6 is 11.6 Å². The summed E-state index contributed by atoms with van der Waals surface area (Å²) in [5, 5.41) is 9.57. The summed E-state index contributed by atoms with van der Waals surface area (Å²) in [4.78, 5) is 33.7. The van der Waals surface area contributed by atoms with Crippen molar-refractivity contribution in [2.24, 2.45) is 7.05 Å². The van der Waals surface area contributed by atoms with Gasteiger partial charge in [0.25, 0.3) is 11.5 Å². The molecule has 4 rings (SSSR count). The number of halogens is 3. The van der Waals surface area contributed by atoms with Crippen molar-refractivity contribution in [3.8, 4) is 11.5 Å². The fraction of sp³-hybridized carbons (Fsp3) is 0.227. The summed E-state index contributed by atoms with van der Waals surface area (Å²) in [5.74, 6) is -2.59. The summed E-state index contributed by atoms with van der Waals surface area (Å²) in [6.45, 7) is 3.46. The molecule has 2 N–H and O–H groups in total. The zero-order valence-electron chi connectivity index (χ0n) is 18.3. The molecule has 1 unspecified atom stereocenters. The second-order valence-electron chi connectivity index (χ2n) is 7.90. The number of aromatic nitrogens is 5. The second kappa shape index (κ2) is 8.82. The monoisotopic (exact) mass is 488 g/mol. The molecule has 0 saturated heterocycles. The number of hydrogen-bond acceptors (Lipinski definition) is 6. The lowest BCUT2D eigenvalue weighted by molar-refractivity contribution is 0.0938. The lowest BCUT2D eigenvalue weighted by atomic mass is 9.79. The fourth-order valence-corrected chi connectivity index (χ4v) is 3.96. The molecule has 0 bridgehead atoms. The molecule has 1 atom stereocenters. The first-order valence-electron chi connectivity index (χ1n) is 10.1. The van der Waals surface area contributed by atoms with Gasteiger partial charge in [-0.05, 0) is 26.0 Å². The van der Waals surface area contributed by atoms with Crippen molar-refractivity contribution in [2.45, 2.75) is 19.3 Å². The quantitative estimate of drug-likeness (QED) is 0.402. The Bertz CT molecular complexity index is 1450. The Morgan fingerprint density at radius 3 is 2.74 bits per heavy atom. The minimum atomic E-state index is -1.06. The van der Waals surface area contributed by atoms with Crippen molar-refractivity contribution in [1.82, 2.24) is 30.2 Å². The van der Waals surface area contributed by atoms with Gasteiger partial charge in [0.1, 0.15) is 16.7 Å². The van der Waals surface area contributed by atoms with E-state index in [4.69, 9.17) is 16.1 Å². The smallest absolute Gasteiger partial charge is 0.273 e. The topological polar surface area (TPSA) is 119 Å². The normalized spacial score (nSPS) is 13.0. The van der Waals surface area contributed by atoms with Crippen LogP contribution in [0.3, 0.4) is 0 Å². The average molecular weight is 489 g/mol. The summed E-state index contributed by atoms with van der Waals surface area (Å²) in [5.41, 5.74) is -0.295. The molecule has 0 radical (unpaired) electrons. The van der Waals surface area contributed by atoms with Gasteiger partial charge in [-0.3, -0.25) is 19.4 Å². The zero-order valence-corrected chi connectivity index (χ0v) is 19.1. The standard InChI is InChI=1S/C22H19ClF2N6O3/c1-11-18(21(33)31(3)29-11)22(2,16-5-4-6-17(23)28-16)10-27-20(32)14-8-15(34-30-14)19-13(25)7-12(24)9-26-19/h4-9,29H,10H2,1-3H3,(H,27,32). The molecule has 0 aliphatic heterocycles. The van der Waals surface area contributed by atoms with Gasteiger partial charge in [-0.25, -0.2) is 18.7 Å². The van der Waals surface area contributed by atoms with Crippen molar-refractivity contribution < 1.29 is 18.1 Å². The molecule has 1 amide bonds. The van der Waals surface area contributed by atoms with Gasteiger partial charge < -0.3 is 9.84 Å². The molecule has 0 saturated carbocycles. The SMILES string of the molecule is Cc1[nH]n(C)c(=O)c1C(C)(CNC(=O)c1cc(-c2ncc(F)cc2F)on1)c1cccc(Cl)n1. The van der Waals surface area contributed by atoms with E-state index in [0.29, 0.717) is 23.0 Å². The van der Waals surface area contributed by atoms with Crippen LogP contribution in [0.4, 0.5) is 8.78 Å². The van der Waals surface area contributed by atoms with Crippen LogP contribution in [0.2, 0.25) is 5.15 Å². The van der Waals surface area contributed by atoms with Crippen LogP contribution in [0, 0.1) is 18.6 Å². The first kappa shape index (κ1) is 23.3. The molecule has 9 nitrogen and oxygen atoms in total. The molecule has 34 heavy (non-hydrogen) atoms. The lowest BCUT2D eigenvalue weighted by Crippen LogP contribution is -2.43. The molecule has 4 aromatic rings. The number of aryl methyl sites for hydroxylation is 2. The van der Waals surface area contributed by atoms with Crippen molar-refractivity contribution in [3.05, 3.63) is 86.3 Å². The maximum atomic E-state index is 14.0. The van der Waals surface area contributed by atoms with Crippen LogP contribution in [0.5, 0.6) is 0 Å². The number of nitrogens with one attached hydrogen (secondary N) is 2. The van der Waals surface area contributed by atoms with Gasteiger partial charge >= 0.3 is 0 Å². The number of nitrogens with zero attached hydrogens (tertiary/aromatic N) is 4. The van der Waals surface area contributed by atoms with Crippen LogP contribution in [-0.4, -0.2) is 37.4 Å². The molecule has 0 fully saturated rings. The Balaban J connectivity index is 1.64. The number of hydrogen-bond donors (Lipinski definition) is 2. The van der Waals surface area contributed by atoms with E-state index in [-0.39, 0.29) is 34.4 Å². The number of pyridine rings is 2. The molecule has 4 aromatic heterocycles. The number of carbonyl (C=O) groups excluding carboxylic acids is 1. The van der Waals surface area contributed by atoms with Gasteiger partial charge in [-0.1, -0.05) is 22.8 Å². The van der Waals surface area contributed by atoms with E-state index in [1.165, 1.54) is 10.7 Å². The molecule has 0 aromatic carbocycles. The van der Waals surface area contributed by atoms with Crippen LogP contribution < -0.4 is 10.9 Å². The second-order valence-corrected chi connectivity index (χ2v) is 8.28. The number of amides is 1. The number of carbonyl (C=O) groups is 1. The first-order valence-corrected chi connectivity index (χ1v) is 10.4. The van der Waals surface area contributed by atoms with Crippen LogP contribution in [0.1, 0.15) is 34.4 Å². The maximum absolute atomic E-state index is 14.0. The third-order valence-corrected chi connectivity index (χ3v) is 5.66. The predicted octanol–water partition coefficient (Wildman–Crippen LogP) is 3.13. The van der Waals surface area contributed by atoms with Crippen LogP contribution in [0.25, 0.3) is 11.5 Å². The molecule has 0 spiro atoms. The maximum Gasteiger partial charge on any atom is 0.273 e. The summed E-state index contributed by atoms with van der Waals surface area (Å²) in [7, 11) is 1.59. The van der Waals surface area contributed by atoms with E-state index in [1.54, 1.807) is 39.1 Å². The van der Waals surface area contributed by atoms with Crippen molar-refractivity contribution >= 4 is 17.5 Å². The van der Waals surface area contributed by atoms with Crippen LogP contribution in [0.15, 0.2) is 45.8 Å². The highest BCUT2D eigenvalue weighted by Crippen LogP contribution is 2.31. The molecule has 0 aliphatic carbocycles. The Hall–Kier alpha value is -3.86. The number of H-pyrrole nitrogens is 1. The zero-order chi connectivity index (χ0) is 24.6. The van der Waals surface area contributed by atoms with Crippen molar-refractivity contribution in [3.63, 3.8) is 0 Å². The van der Waals surface area contributed by atoms with E-state index in [2.05, 4.69) is 25.5 Å². The molecular formula is C22H19ClF2N6O3. The summed E-state index contributed by atoms with van der Waals surface area (Å²) in [6, 6.07) is 6.85. The summed E-state index contributed by atoms with van der Waals surface area (Å²) in [6.07, 6.45) is 0.823. The molecule has 0 aliphatic rings. The third kappa shape index (κ3) is 4.21. The Morgan fingerprint density at radius 1 is 1.32 bits per heavy atom.